The van der Waals surface area contributed by atoms with E-state index in [1.54, 1.807) is 13.0 Å². The lowest BCUT2D eigenvalue weighted by atomic mass is 10.2. The predicted molar refractivity (Wildman–Crippen MR) is 79.2 cm³/mol. The van der Waals surface area contributed by atoms with E-state index in [4.69, 9.17) is 9.52 Å². The SMILES string of the molecule is CCC(C(=O)O)N(C)C(=O)CSc1nc2ccccc2o1. The summed E-state index contributed by atoms with van der Waals surface area (Å²) in [6.07, 6.45) is 0.366. The molecule has 1 atom stereocenters. The van der Waals surface area contributed by atoms with Crippen LogP contribution in [0.3, 0.4) is 0 Å². The third-order valence-electron chi connectivity index (χ3n) is 3.13. The quantitative estimate of drug-likeness (QED) is 0.824. The third-order valence-corrected chi connectivity index (χ3v) is 3.94. The highest BCUT2D eigenvalue weighted by atomic mass is 32.2. The average molecular weight is 308 g/mol. The first-order valence-electron chi connectivity index (χ1n) is 6.49. The maximum atomic E-state index is 12.0. The number of carboxylic acids is 1. The summed E-state index contributed by atoms with van der Waals surface area (Å²) in [6, 6.07) is 6.53. The molecule has 2 aromatic rings. The predicted octanol–water partition coefficient (Wildman–Crippen LogP) is 2.24. The molecule has 1 N–H and O–H groups in total. The van der Waals surface area contributed by atoms with E-state index in [1.165, 1.54) is 11.9 Å². The number of nitrogens with zero attached hydrogens (tertiary/aromatic N) is 2. The number of oxazole rings is 1. The number of hydrogen-bond donors (Lipinski definition) is 1. The second-order valence-electron chi connectivity index (χ2n) is 4.50. The van der Waals surface area contributed by atoms with Gasteiger partial charge in [-0.05, 0) is 18.6 Å². The van der Waals surface area contributed by atoms with Crippen LogP contribution in [0.25, 0.3) is 11.1 Å². The highest BCUT2D eigenvalue weighted by molar-refractivity contribution is 7.99. The highest BCUT2D eigenvalue weighted by Crippen LogP contribution is 2.23. The number of likely N-dealkylation sites (N-methyl/N-ethyl adjacent to an activating group) is 1. The topological polar surface area (TPSA) is 83.6 Å². The largest absolute Gasteiger partial charge is 0.480 e. The van der Waals surface area contributed by atoms with Gasteiger partial charge in [-0.15, -0.1) is 0 Å². The first-order chi connectivity index (χ1) is 10.0. The van der Waals surface area contributed by atoms with Crippen molar-refractivity contribution in [3.05, 3.63) is 24.3 Å². The molecule has 0 saturated carbocycles. The van der Waals surface area contributed by atoms with Crippen molar-refractivity contribution < 1.29 is 19.1 Å². The molecular formula is C14H16N2O4S. The Hall–Kier alpha value is -2.02. The molecule has 0 spiro atoms. The molecule has 0 fully saturated rings. The van der Waals surface area contributed by atoms with Crippen molar-refractivity contribution in [2.75, 3.05) is 12.8 Å². The zero-order valence-corrected chi connectivity index (χ0v) is 12.6. The Morgan fingerprint density at radius 3 is 2.76 bits per heavy atom. The molecule has 1 aromatic heterocycles. The summed E-state index contributed by atoms with van der Waals surface area (Å²) in [5, 5.41) is 9.45. The van der Waals surface area contributed by atoms with Crippen LogP contribution >= 0.6 is 11.8 Å². The first-order valence-corrected chi connectivity index (χ1v) is 7.48. The van der Waals surface area contributed by atoms with Gasteiger partial charge in [0.2, 0.25) is 5.91 Å². The first kappa shape index (κ1) is 15.4. The van der Waals surface area contributed by atoms with Gasteiger partial charge in [0.1, 0.15) is 11.6 Å². The molecule has 1 amide bonds. The van der Waals surface area contributed by atoms with Crippen LogP contribution in [0.15, 0.2) is 33.9 Å². The molecule has 7 heteroatoms. The molecule has 0 bridgehead atoms. The number of aliphatic carboxylic acids is 1. The standard InChI is InChI=1S/C14H16N2O4S/c1-3-10(13(18)19)16(2)12(17)8-21-14-15-9-6-4-5-7-11(9)20-14/h4-7,10H,3,8H2,1-2H3,(H,18,19). The number of benzene rings is 1. The van der Waals surface area contributed by atoms with Crippen molar-refractivity contribution in [2.24, 2.45) is 0 Å². The van der Waals surface area contributed by atoms with E-state index in [-0.39, 0.29) is 11.7 Å². The summed E-state index contributed by atoms with van der Waals surface area (Å²) in [5.74, 6) is -1.18. The molecular weight excluding hydrogens is 292 g/mol. The number of fused-ring (bicyclic) bond motifs is 1. The number of rotatable bonds is 6. The molecule has 1 aromatic carbocycles. The van der Waals surface area contributed by atoms with Gasteiger partial charge in [0, 0.05) is 7.05 Å². The monoisotopic (exact) mass is 308 g/mol. The van der Waals surface area contributed by atoms with Gasteiger partial charge < -0.3 is 14.4 Å². The van der Waals surface area contributed by atoms with Crippen molar-refractivity contribution in [1.29, 1.82) is 0 Å². The number of para-hydroxylation sites is 2. The zero-order valence-electron chi connectivity index (χ0n) is 11.8. The van der Waals surface area contributed by atoms with Crippen LogP contribution in [0, 0.1) is 0 Å². The van der Waals surface area contributed by atoms with Crippen molar-refractivity contribution >= 4 is 34.7 Å². The number of carboxylic acid groups (broad SMARTS) is 1. The molecule has 1 heterocycles. The summed E-state index contributed by atoms with van der Waals surface area (Å²) in [5.41, 5.74) is 1.40. The van der Waals surface area contributed by atoms with Crippen LogP contribution in [0.1, 0.15) is 13.3 Å². The number of aromatic nitrogens is 1. The molecule has 0 aliphatic carbocycles. The molecule has 21 heavy (non-hydrogen) atoms. The van der Waals surface area contributed by atoms with E-state index in [2.05, 4.69) is 4.98 Å². The summed E-state index contributed by atoms with van der Waals surface area (Å²) in [4.78, 5) is 28.5. The normalized spacial score (nSPS) is 12.3. The molecule has 0 aliphatic heterocycles. The van der Waals surface area contributed by atoms with Crippen LogP contribution in [0.4, 0.5) is 0 Å². The maximum absolute atomic E-state index is 12.0. The summed E-state index contributed by atoms with van der Waals surface area (Å²) < 4.78 is 5.50. The van der Waals surface area contributed by atoms with Crippen LogP contribution in [0.2, 0.25) is 0 Å². The number of thioether (sulfide) groups is 1. The fourth-order valence-electron chi connectivity index (χ4n) is 1.93. The molecule has 0 saturated heterocycles. The molecule has 2 rings (SSSR count). The number of hydrogen-bond acceptors (Lipinski definition) is 5. The van der Waals surface area contributed by atoms with Gasteiger partial charge in [-0.3, -0.25) is 4.79 Å². The van der Waals surface area contributed by atoms with E-state index in [1.807, 2.05) is 18.2 Å². The minimum atomic E-state index is -1.000. The van der Waals surface area contributed by atoms with Gasteiger partial charge in [-0.1, -0.05) is 30.8 Å². The Labute approximate surface area is 126 Å². The summed E-state index contributed by atoms with van der Waals surface area (Å²) >= 11 is 1.16. The van der Waals surface area contributed by atoms with Crippen molar-refractivity contribution in [3.63, 3.8) is 0 Å². The Morgan fingerprint density at radius 1 is 1.43 bits per heavy atom. The van der Waals surface area contributed by atoms with Gasteiger partial charge in [-0.2, -0.15) is 0 Å². The fourth-order valence-corrected chi connectivity index (χ4v) is 2.69. The molecule has 6 nitrogen and oxygen atoms in total. The van der Waals surface area contributed by atoms with Crippen LogP contribution in [0.5, 0.6) is 0 Å². The van der Waals surface area contributed by atoms with Crippen LogP contribution in [-0.2, 0) is 9.59 Å². The third kappa shape index (κ3) is 3.55. The second kappa shape index (κ2) is 6.62. The Kier molecular flexibility index (Phi) is 4.85. The minimum absolute atomic E-state index is 0.0904. The lowest BCUT2D eigenvalue weighted by molar-refractivity contribution is -0.148. The molecule has 0 aliphatic rings. The summed E-state index contributed by atoms with van der Waals surface area (Å²) in [7, 11) is 1.50. The highest BCUT2D eigenvalue weighted by Gasteiger charge is 2.24. The molecule has 0 radical (unpaired) electrons. The minimum Gasteiger partial charge on any atom is -0.480 e. The second-order valence-corrected chi connectivity index (χ2v) is 5.43. The van der Waals surface area contributed by atoms with E-state index in [9.17, 15) is 9.59 Å². The fraction of sp³-hybridized carbons (Fsp3) is 0.357. The number of carbonyl (C=O) groups excluding carboxylic acids is 1. The van der Waals surface area contributed by atoms with E-state index < -0.39 is 12.0 Å². The Morgan fingerprint density at radius 2 is 2.14 bits per heavy atom. The molecule has 112 valence electrons. The Bertz CT molecular complexity index is 622. The number of carbonyl (C=O) groups is 2. The van der Waals surface area contributed by atoms with Gasteiger partial charge in [-0.25, -0.2) is 9.78 Å². The smallest absolute Gasteiger partial charge is 0.326 e. The van der Waals surface area contributed by atoms with E-state index >= 15 is 0 Å². The van der Waals surface area contributed by atoms with Gasteiger partial charge in [0.25, 0.3) is 5.22 Å². The zero-order chi connectivity index (χ0) is 15.4. The van der Waals surface area contributed by atoms with Gasteiger partial charge >= 0.3 is 5.97 Å². The summed E-state index contributed by atoms with van der Waals surface area (Å²) in [6.45, 7) is 1.73. The van der Waals surface area contributed by atoms with Crippen LogP contribution in [-0.4, -0.2) is 45.7 Å². The van der Waals surface area contributed by atoms with Crippen molar-refractivity contribution in [2.45, 2.75) is 24.6 Å². The van der Waals surface area contributed by atoms with E-state index in [0.29, 0.717) is 17.2 Å². The Balaban J connectivity index is 1.98. The van der Waals surface area contributed by atoms with Gasteiger partial charge in [0.05, 0.1) is 5.75 Å². The van der Waals surface area contributed by atoms with Crippen LogP contribution < -0.4 is 0 Å². The maximum Gasteiger partial charge on any atom is 0.326 e. The van der Waals surface area contributed by atoms with Crippen molar-refractivity contribution in [3.8, 4) is 0 Å². The van der Waals surface area contributed by atoms with E-state index in [0.717, 1.165) is 17.3 Å². The lowest BCUT2D eigenvalue weighted by Crippen LogP contribution is -2.42. The van der Waals surface area contributed by atoms with Crippen molar-refractivity contribution in [1.82, 2.24) is 9.88 Å². The lowest BCUT2D eigenvalue weighted by Gasteiger charge is -2.23. The average Bonchev–Trinajstić information content (AvgIpc) is 2.87. The number of amides is 1. The molecule has 1 unspecified atom stereocenters. The van der Waals surface area contributed by atoms with Gasteiger partial charge in [0.15, 0.2) is 5.58 Å².